The molecular weight excluding hydrogens is 407 g/mol. The minimum Gasteiger partial charge on any atom is -0.463 e. The quantitative estimate of drug-likeness (QED) is 0.672. The number of carbonyl (C=O) groups is 2. The Morgan fingerprint density at radius 2 is 1.97 bits per heavy atom. The van der Waals surface area contributed by atoms with E-state index in [0.717, 1.165) is 24.2 Å². The average Bonchev–Trinajstić information content (AvgIpc) is 2.99. The highest BCUT2D eigenvalue weighted by Crippen LogP contribution is 2.16. The molecule has 2 heterocycles. The van der Waals surface area contributed by atoms with Crippen molar-refractivity contribution >= 4 is 35.4 Å². The Morgan fingerprint density at radius 3 is 2.63 bits per heavy atom. The van der Waals surface area contributed by atoms with Gasteiger partial charge in [-0.3, -0.25) is 14.2 Å². The summed E-state index contributed by atoms with van der Waals surface area (Å²) in [5, 5.41) is 0. The maximum absolute atomic E-state index is 14.0. The number of amides is 1. The first-order chi connectivity index (χ1) is 14.4. The molecule has 1 aliphatic rings. The second-order valence-electron chi connectivity index (χ2n) is 7.32. The highest BCUT2D eigenvalue weighted by atomic mass is 32.1. The summed E-state index contributed by atoms with van der Waals surface area (Å²) >= 11 is 1.03. The Balaban J connectivity index is 2.01. The van der Waals surface area contributed by atoms with Crippen LogP contribution < -0.4 is 14.8 Å². The minimum atomic E-state index is -0.593. The zero-order valence-electron chi connectivity index (χ0n) is 17.1. The SMILES string of the molecule is CCOC(=O)C=c1sc(=Cc2ccccc2F)c(=O)n1CC(=O)N1CCC(C)CC1. The van der Waals surface area contributed by atoms with Crippen LogP contribution in [-0.2, 0) is 20.9 Å². The van der Waals surface area contributed by atoms with Crippen LogP contribution in [0, 0.1) is 11.7 Å². The predicted molar refractivity (Wildman–Crippen MR) is 114 cm³/mol. The Labute approximate surface area is 177 Å². The molecule has 1 aromatic carbocycles. The van der Waals surface area contributed by atoms with Gasteiger partial charge < -0.3 is 9.64 Å². The molecule has 1 aliphatic heterocycles. The Kier molecular flexibility index (Phi) is 7.20. The van der Waals surface area contributed by atoms with Gasteiger partial charge in [0.15, 0.2) is 0 Å². The van der Waals surface area contributed by atoms with Crippen molar-refractivity contribution in [2.45, 2.75) is 33.2 Å². The van der Waals surface area contributed by atoms with Crippen LogP contribution in [0.5, 0.6) is 0 Å². The van der Waals surface area contributed by atoms with E-state index in [0.29, 0.717) is 23.7 Å². The summed E-state index contributed by atoms with van der Waals surface area (Å²) in [7, 11) is 0. The standard InChI is InChI=1S/C22H25FN2O4S/c1-3-29-21(27)13-20-25(14-19(26)24-10-8-15(2)9-11-24)22(28)18(30-20)12-16-6-4-5-7-17(16)23/h4-7,12-13,15H,3,8-11,14H2,1-2H3. The highest BCUT2D eigenvalue weighted by Gasteiger charge is 2.21. The van der Waals surface area contributed by atoms with Crippen LogP contribution in [0.3, 0.4) is 0 Å². The lowest BCUT2D eigenvalue weighted by Crippen LogP contribution is -2.43. The molecule has 6 nitrogen and oxygen atoms in total. The van der Waals surface area contributed by atoms with Gasteiger partial charge in [-0.25, -0.2) is 9.18 Å². The number of likely N-dealkylation sites (tertiary alicyclic amines) is 1. The number of nitrogens with zero attached hydrogens (tertiary/aromatic N) is 2. The number of carbonyl (C=O) groups excluding carboxylic acids is 2. The van der Waals surface area contributed by atoms with Gasteiger partial charge in [0.2, 0.25) is 5.91 Å². The molecule has 0 bridgehead atoms. The van der Waals surface area contributed by atoms with Gasteiger partial charge in [0.1, 0.15) is 17.0 Å². The van der Waals surface area contributed by atoms with Crippen molar-refractivity contribution < 1.29 is 18.7 Å². The van der Waals surface area contributed by atoms with Crippen molar-refractivity contribution in [3.05, 3.63) is 55.2 Å². The molecule has 30 heavy (non-hydrogen) atoms. The number of rotatable bonds is 5. The maximum atomic E-state index is 14.0. The lowest BCUT2D eigenvalue weighted by Gasteiger charge is -2.30. The van der Waals surface area contributed by atoms with Crippen molar-refractivity contribution in [2.75, 3.05) is 19.7 Å². The Morgan fingerprint density at radius 1 is 1.27 bits per heavy atom. The van der Waals surface area contributed by atoms with Crippen LogP contribution in [0.4, 0.5) is 4.39 Å². The van der Waals surface area contributed by atoms with E-state index >= 15 is 0 Å². The van der Waals surface area contributed by atoms with Crippen LogP contribution in [0.2, 0.25) is 0 Å². The fourth-order valence-electron chi connectivity index (χ4n) is 3.30. The smallest absolute Gasteiger partial charge is 0.333 e. The predicted octanol–water partition coefficient (Wildman–Crippen LogP) is 1.48. The van der Waals surface area contributed by atoms with Crippen molar-refractivity contribution in [3.8, 4) is 0 Å². The third-order valence-corrected chi connectivity index (χ3v) is 6.15. The summed E-state index contributed by atoms with van der Waals surface area (Å²) < 4.78 is 20.8. The summed E-state index contributed by atoms with van der Waals surface area (Å²) in [5.41, 5.74) is -0.167. The monoisotopic (exact) mass is 432 g/mol. The van der Waals surface area contributed by atoms with Crippen LogP contribution >= 0.6 is 11.3 Å². The van der Waals surface area contributed by atoms with Gasteiger partial charge in [0.05, 0.1) is 17.2 Å². The van der Waals surface area contributed by atoms with E-state index in [2.05, 4.69) is 6.92 Å². The molecule has 8 heteroatoms. The molecule has 1 saturated heterocycles. The molecule has 1 amide bonds. The van der Waals surface area contributed by atoms with Gasteiger partial charge in [-0.05, 0) is 37.8 Å². The first-order valence-corrected chi connectivity index (χ1v) is 10.8. The molecule has 0 spiro atoms. The van der Waals surface area contributed by atoms with Crippen molar-refractivity contribution in [2.24, 2.45) is 5.92 Å². The molecule has 2 aromatic rings. The number of esters is 1. The zero-order chi connectivity index (χ0) is 21.7. The van der Waals surface area contributed by atoms with Crippen molar-refractivity contribution in [1.82, 2.24) is 9.47 Å². The van der Waals surface area contributed by atoms with Gasteiger partial charge in [-0.2, -0.15) is 0 Å². The topological polar surface area (TPSA) is 68.6 Å². The number of hydrogen-bond donors (Lipinski definition) is 0. The van der Waals surface area contributed by atoms with Gasteiger partial charge in [0, 0.05) is 18.7 Å². The van der Waals surface area contributed by atoms with E-state index in [9.17, 15) is 18.8 Å². The molecule has 1 aromatic heterocycles. The van der Waals surface area contributed by atoms with Gasteiger partial charge in [-0.1, -0.05) is 25.1 Å². The molecule has 1 fully saturated rings. The summed E-state index contributed by atoms with van der Waals surface area (Å²) in [6.45, 7) is 5.19. The third kappa shape index (κ3) is 5.24. The van der Waals surface area contributed by atoms with E-state index in [1.165, 1.54) is 22.8 Å². The van der Waals surface area contributed by atoms with Crippen LogP contribution in [0.1, 0.15) is 32.3 Å². The van der Waals surface area contributed by atoms with E-state index in [1.54, 1.807) is 30.0 Å². The molecule has 0 saturated carbocycles. The normalized spacial score (nSPS) is 16.2. The first kappa shape index (κ1) is 22.0. The van der Waals surface area contributed by atoms with Gasteiger partial charge >= 0.3 is 5.97 Å². The largest absolute Gasteiger partial charge is 0.463 e. The van der Waals surface area contributed by atoms with E-state index in [4.69, 9.17) is 4.74 Å². The minimum absolute atomic E-state index is 0.167. The molecule has 0 N–H and O–H groups in total. The Bertz CT molecular complexity index is 1100. The second kappa shape index (κ2) is 9.84. The van der Waals surface area contributed by atoms with Gasteiger partial charge in [-0.15, -0.1) is 11.3 Å². The second-order valence-corrected chi connectivity index (χ2v) is 8.38. The Hall–Kier alpha value is -2.74. The number of piperidine rings is 1. The van der Waals surface area contributed by atoms with Crippen LogP contribution in [-0.4, -0.2) is 41.0 Å². The summed E-state index contributed by atoms with van der Waals surface area (Å²) in [4.78, 5) is 39.5. The molecule has 160 valence electrons. The summed E-state index contributed by atoms with van der Waals surface area (Å²) in [6, 6.07) is 6.11. The number of hydrogen-bond acceptors (Lipinski definition) is 5. The van der Waals surface area contributed by atoms with Crippen LogP contribution in [0.25, 0.3) is 12.2 Å². The fraction of sp³-hybridized carbons (Fsp3) is 0.409. The first-order valence-electron chi connectivity index (χ1n) is 10.0. The maximum Gasteiger partial charge on any atom is 0.333 e. The van der Waals surface area contributed by atoms with Crippen molar-refractivity contribution in [3.63, 3.8) is 0 Å². The summed E-state index contributed by atoms with van der Waals surface area (Å²) in [5.74, 6) is -0.638. The van der Waals surface area contributed by atoms with E-state index in [-0.39, 0.29) is 29.2 Å². The number of halogens is 1. The molecule has 0 atom stereocenters. The number of thiazole rings is 1. The number of benzene rings is 1. The zero-order valence-corrected chi connectivity index (χ0v) is 17.9. The number of ether oxygens (including phenoxy) is 1. The lowest BCUT2D eigenvalue weighted by molar-refractivity contribution is -0.136. The summed E-state index contributed by atoms with van der Waals surface area (Å²) in [6.07, 6.45) is 4.50. The van der Waals surface area contributed by atoms with E-state index in [1.807, 2.05) is 0 Å². The fourth-order valence-corrected chi connectivity index (χ4v) is 4.33. The third-order valence-electron chi connectivity index (χ3n) is 5.09. The molecular formula is C22H25FN2O4S. The van der Waals surface area contributed by atoms with Crippen LogP contribution in [0.15, 0.2) is 29.1 Å². The highest BCUT2D eigenvalue weighted by molar-refractivity contribution is 7.07. The lowest BCUT2D eigenvalue weighted by atomic mass is 9.99. The molecule has 3 rings (SSSR count). The molecule has 0 radical (unpaired) electrons. The van der Waals surface area contributed by atoms with Crippen molar-refractivity contribution in [1.29, 1.82) is 0 Å². The molecule has 0 aliphatic carbocycles. The van der Waals surface area contributed by atoms with Gasteiger partial charge in [0.25, 0.3) is 5.56 Å². The number of aromatic nitrogens is 1. The molecule has 0 unspecified atom stereocenters. The van der Waals surface area contributed by atoms with E-state index < -0.39 is 17.3 Å². The average molecular weight is 433 g/mol.